The third-order valence-corrected chi connectivity index (χ3v) is 4.22. The Bertz CT molecular complexity index is 358. The fraction of sp³-hybridized carbons (Fsp3) is 0.600. The summed E-state index contributed by atoms with van der Waals surface area (Å²) in [5.41, 5.74) is 2.89. The normalized spacial score (nSPS) is 26.6. The molecule has 1 aliphatic carbocycles. The van der Waals surface area contributed by atoms with Crippen LogP contribution < -0.4 is 0 Å². The molecule has 1 fully saturated rings. The second kappa shape index (κ2) is 4.07. The van der Waals surface area contributed by atoms with Crippen molar-refractivity contribution in [2.24, 2.45) is 11.8 Å². The molecule has 1 aliphatic rings. The van der Waals surface area contributed by atoms with E-state index in [0.717, 1.165) is 5.92 Å². The molecule has 0 heterocycles. The monoisotopic (exact) mass is 236 g/mol. The van der Waals surface area contributed by atoms with Crippen molar-refractivity contribution in [2.45, 2.75) is 44.9 Å². The van der Waals surface area contributed by atoms with Gasteiger partial charge in [-0.25, -0.2) is 0 Å². The SMILES string of the molecule is CC1CC1C(Cl)c1ccc(C(C)(C)C)cc1. The predicted molar refractivity (Wildman–Crippen MR) is 71.0 cm³/mol. The smallest absolute Gasteiger partial charge is 0.0616 e. The fourth-order valence-electron chi connectivity index (χ4n) is 2.17. The fourth-order valence-corrected chi connectivity index (χ4v) is 2.67. The molecule has 0 N–H and O–H groups in total. The number of hydrogen-bond donors (Lipinski definition) is 0. The maximum absolute atomic E-state index is 6.47. The average Bonchev–Trinajstić information content (AvgIpc) is 2.93. The van der Waals surface area contributed by atoms with Gasteiger partial charge in [0.15, 0.2) is 0 Å². The molecule has 3 atom stereocenters. The lowest BCUT2D eigenvalue weighted by molar-refractivity contribution is 0.589. The Hall–Kier alpha value is -0.490. The third kappa shape index (κ3) is 2.43. The minimum atomic E-state index is 0.212. The number of benzene rings is 1. The highest BCUT2D eigenvalue weighted by atomic mass is 35.5. The van der Waals surface area contributed by atoms with Gasteiger partial charge in [0, 0.05) is 0 Å². The summed E-state index contributed by atoms with van der Waals surface area (Å²) < 4.78 is 0. The number of rotatable bonds is 2. The third-order valence-electron chi connectivity index (χ3n) is 3.64. The van der Waals surface area contributed by atoms with Crippen molar-refractivity contribution in [3.63, 3.8) is 0 Å². The molecule has 0 nitrogen and oxygen atoms in total. The van der Waals surface area contributed by atoms with Gasteiger partial charge < -0.3 is 0 Å². The van der Waals surface area contributed by atoms with Crippen LogP contribution in [0.25, 0.3) is 0 Å². The largest absolute Gasteiger partial charge is 0.118 e. The Kier molecular flexibility index (Phi) is 3.05. The van der Waals surface area contributed by atoms with E-state index in [0.29, 0.717) is 5.92 Å². The van der Waals surface area contributed by atoms with E-state index in [-0.39, 0.29) is 10.8 Å². The van der Waals surface area contributed by atoms with E-state index in [1.165, 1.54) is 17.5 Å². The summed E-state index contributed by atoms with van der Waals surface area (Å²) in [6.45, 7) is 9.00. The number of alkyl halides is 1. The molecule has 2 rings (SSSR count). The van der Waals surface area contributed by atoms with Crippen LogP contribution in [-0.2, 0) is 5.41 Å². The highest BCUT2D eigenvalue weighted by Crippen LogP contribution is 2.50. The van der Waals surface area contributed by atoms with E-state index >= 15 is 0 Å². The first-order chi connectivity index (χ1) is 7.39. The van der Waals surface area contributed by atoms with Gasteiger partial charge in [0.1, 0.15) is 0 Å². The summed E-state index contributed by atoms with van der Waals surface area (Å²) in [7, 11) is 0. The molecule has 88 valence electrons. The zero-order chi connectivity index (χ0) is 11.9. The van der Waals surface area contributed by atoms with Crippen molar-refractivity contribution >= 4 is 11.6 Å². The van der Waals surface area contributed by atoms with Gasteiger partial charge in [0.05, 0.1) is 5.38 Å². The standard InChI is InChI=1S/C15H21Cl/c1-10-9-13(10)14(16)11-5-7-12(8-6-11)15(2,3)4/h5-8,10,13-14H,9H2,1-4H3. The second-order valence-electron chi connectivity index (χ2n) is 6.15. The van der Waals surface area contributed by atoms with Gasteiger partial charge in [-0.1, -0.05) is 52.0 Å². The van der Waals surface area contributed by atoms with Gasteiger partial charge >= 0.3 is 0 Å². The lowest BCUT2D eigenvalue weighted by Gasteiger charge is -2.20. The van der Waals surface area contributed by atoms with Gasteiger partial charge in [-0.2, -0.15) is 0 Å². The maximum Gasteiger partial charge on any atom is 0.0616 e. The molecule has 0 bridgehead atoms. The molecular weight excluding hydrogens is 216 g/mol. The Labute approximate surface area is 104 Å². The molecular formula is C15H21Cl. The zero-order valence-electron chi connectivity index (χ0n) is 10.6. The molecule has 16 heavy (non-hydrogen) atoms. The van der Waals surface area contributed by atoms with Crippen LogP contribution >= 0.6 is 11.6 Å². The van der Waals surface area contributed by atoms with Crippen LogP contribution in [-0.4, -0.2) is 0 Å². The van der Waals surface area contributed by atoms with E-state index in [9.17, 15) is 0 Å². The molecule has 1 saturated carbocycles. The maximum atomic E-state index is 6.47. The number of hydrogen-bond acceptors (Lipinski definition) is 0. The quantitative estimate of drug-likeness (QED) is 0.640. The van der Waals surface area contributed by atoms with Gasteiger partial charge in [-0.15, -0.1) is 11.6 Å². The zero-order valence-corrected chi connectivity index (χ0v) is 11.4. The summed E-state index contributed by atoms with van der Waals surface area (Å²) in [6, 6.07) is 8.84. The Morgan fingerprint density at radius 1 is 1.19 bits per heavy atom. The van der Waals surface area contributed by atoms with Gasteiger partial charge in [0.25, 0.3) is 0 Å². The van der Waals surface area contributed by atoms with Crippen molar-refractivity contribution in [2.75, 3.05) is 0 Å². The Morgan fingerprint density at radius 3 is 2.06 bits per heavy atom. The van der Waals surface area contributed by atoms with E-state index in [1.54, 1.807) is 0 Å². The minimum absolute atomic E-state index is 0.212. The van der Waals surface area contributed by atoms with Crippen molar-refractivity contribution in [3.8, 4) is 0 Å². The van der Waals surface area contributed by atoms with Crippen LogP contribution in [0.4, 0.5) is 0 Å². The molecule has 0 radical (unpaired) electrons. The van der Waals surface area contributed by atoms with E-state index in [4.69, 9.17) is 11.6 Å². The first-order valence-electron chi connectivity index (χ1n) is 6.14. The second-order valence-corrected chi connectivity index (χ2v) is 6.62. The Morgan fingerprint density at radius 2 is 1.69 bits per heavy atom. The molecule has 0 aliphatic heterocycles. The van der Waals surface area contributed by atoms with Crippen molar-refractivity contribution in [3.05, 3.63) is 35.4 Å². The summed E-state index contributed by atoms with van der Waals surface area (Å²) in [5.74, 6) is 1.51. The average molecular weight is 237 g/mol. The lowest BCUT2D eigenvalue weighted by atomic mass is 9.86. The molecule has 0 aromatic heterocycles. The summed E-state index contributed by atoms with van der Waals surface area (Å²) in [5, 5.41) is 0.212. The highest BCUT2D eigenvalue weighted by Gasteiger charge is 2.39. The summed E-state index contributed by atoms with van der Waals surface area (Å²) in [4.78, 5) is 0. The van der Waals surface area contributed by atoms with E-state index in [1.807, 2.05) is 0 Å². The first-order valence-corrected chi connectivity index (χ1v) is 6.58. The van der Waals surface area contributed by atoms with Crippen molar-refractivity contribution < 1.29 is 0 Å². The molecule has 1 aromatic rings. The summed E-state index contributed by atoms with van der Waals surface area (Å²) in [6.07, 6.45) is 1.29. The summed E-state index contributed by atoms with van der Waals surface area (Å²) >= 11 is 6.47. The van der Waals surface area contributed by atoms with E-state index < -0.39 is 0 Å². The van der Waals surface area contributed by atoms with Gasteiger partial charge in [0.2, 0.25) is 0 Å². The van der Waals surface area contributed by atoms with Crippen LogP contribution in [0.1, 0.15) is 50.6 Å². The van der Waals surface area contributed by atoms with Crippen LogP contribution in [0, 0.1) is 11.8 Å². The van der Waals surface area contributed by atoms with Gasteiger partial charge in [-0.05, 0) is 34.8 Å². The van der Waals surface area contributed by atoms with Crippen LogP contribution in [0.2, 0.25) is 0 Å². The Balaban J connectivity index is 2.13. The van der Waals surface area contributed by atoms with Crippen LogP contribution in [0.5, 0.6) is 0 Å². The van der Waals surface area contributed by atoms with E-state index in [2.05, 4.69) is 52.0 Å². The van der Waals surface area contributed by atoms with Crippen LogP contribution in [0.15, 0.2) is 24.3 Å². The molecule has 0 saturated heterocycles. The highest BCUT2D eigenvalue weighted by molar-refractivity contribution is 6.21. The number of halogens is 1. The first kappa shape index (κ1) is 12.0. The molecule has 0 spiro atoms. The van der Waals surface area contributed by atoms with Crippen molar-refractivity contribution in [1.82, 2.24) is 0 Å². The molecule has 1 aromatic carbocycles. The predicted octanol–water partition coefficient (Wildman–Crippen LogP) is 4.92. The minimum Gasteiger partial charge on any atom is -0.118 e. The molecule has 1 heteroatoms. The van der Waals surface area contributed by atoms with Crippen LogP contribution in [0.3, 0.4) is 0 Å². The van der Waals surface area contributed by atoms with Gasteiger partial charge in [-0.3, -0.25) is 0 Å². The molecule has 0 amide bonds. The van der Waals surface area contributed by atoms with Crippen molar-refractivity contribution in [1.29, 1.82) is 0 Å². The molecule has 3 unspecified atom stereocenters. The lowest BCUT2D eigenvalue weighted by Crippen LogP contribution is -2.10. The topological polar surface area (TPSA) is 0 Å².